The molecule has 124 valence electrons. The Kier molecular flexibility index (Phi) is 3.83. The molecule has 3 rings (SSSR count). The van der Waals surface area contributed by atoms with E-state index in [4.69, 9.17) is 14.0 Å². The zero-order valence-corrected chi connectivity index (χ0v) is 15.1. The van der Waals surface area contributed by atoms with Gasteiger partial charge < -0.3 is 14.0 Å². The van der Waals surface area contributed by atoms with Crippen LogP contribution in [-0.4, -0.2) is 30.5 Å². The fourth-order valence-corrected chi connectivity index (χ4v) is 3.59. The molecule has 1 atom stereocenters. The van der Waals surface area contributed by atoms with E-state index >= 15 is 0 Å². The van der Waals surface area contributed by atoms with E-state index in [1.807, 2.05) is 0 Å². The first-order valence-electron chi connectivity index (χ1n) is 8.73. The van der Waals surface area contributed by atoms with Crippen LogP contribution in [-0.2, 0) is 14.0 Å². The molecule has 2 aliphatic heterocycles. The fraction of sp³-hybridized carbons (Fsp3) is 0.889. The standard InChI is InChI=1S/C18H31BO3/c1-15(2)11-12-18(13-20-15)9-7-14(8-10-18)19-21-16(3,4)17(5,6)22-19/h7H,8-13H2,1-6H3. The first kappa shape index (κ1) is 16.5. The Bertz CT molecular complexity index is 453. The number of ether oxygens (including phenoxy) is 1. The smallest absolute Gasteiger partial charge is 0.400 e. The molecule has 1 aliphatic carbocycles. The van der Waals surface area contributed by atoms with Crippen molar-refractivity contribution in [3.63, 3.8) is 0 Å². The highest BCUT2D eigenvalue weighted by atomic mass is 16.7. The SMILES string of the molecule is CC1(C)CCC2(CC=C(B3OC(C)(C)C(C)(C)O3)CC2)CO1. The Morgan fingerprint density at radius 1 is 0.909 bits per heavy atom. The van der Waals surface area contributed by atoms with E-state index in [1.54, 1.807) is 0 Å². The van der Waals surface area contributed by atoms with Gasteiger partial charge in [0.2, 0.25) is 0 Å². The number of hydrogen-bond donors (Lipinski definition) is 0. The van der Waals surface area contributed by atoms with Crippen LogP contribution in [0.4, 0.5) is 0 Å². The second kappa shape index (κ2) is 5.09. The van der Waals surface area contributed by atoms with E-state index in [9.17, 15) is 0 Å². The van der Waals surface area contributed by atoms with Crippen molar-refractivity contribution in [2.24, 2.45) is 5.41 Å². The number of hydrogen-bond acceptors (Lipinski definition) is 3. The summed E-state index contributed by atoms with van der Waals surface area (Å²) in [5.74, 6) is 0. The van der Waals surface area contributed by atoms with Crippen molar-refractivity contribution < 1.29 is 14.0 Å². The largest absolute Gasteiger partial charge is 0.490 e. The molecule has 1 spiro atoms. The third kappa shape index (κ3) is 2.90. The molecule has 2 heterocycles. The molecule has 4 heteroatoms. The fourth-order valence-electron chi connectivity index (χ4n) is 3.59. The molecule has 2 fully saturated rings. The summed E-state index contributed by atoms with van der Waals surface area (Å²) in [4.78, 5) is 0. The lowest BCUT2D eigenvalue weighted by Crippen LogP contribution is -2.42. The van der Waals surface area contributed by atoms with Crippen LogP contribution in [0, 0.1) is 5.41 Å². The van der Waals surface area contributed by atoms with E-state index < -0.39 is 0 Å². The quantitative estimate of drug-likeness (QED) is 0.676. The third-order valence-corrected chi connectivity index (χ3v) is 6.32. The molecule has 0 aromatic heterocycles. The van der Waals surface area contributed by atoms with E-state index in [1.165, 1.54) is 18.3 Å². The Morgan fingerprint density at radius 3 is 2.00 bits per heavy atom. The molecule has 1 unspecified atom stereocenters. The number of rotatable bonds is 1. The molecule has 0 aromatic rings. The topological polar surface area (TPSA) is 27.7 Å². The van der Waals surface area contributed by atoms with Crippen LogP contribution in [0.1, 0.15) is 73.6 Å². The van der Waals surface area contributed by atoms with Gasteiger partial charge in [-0.15, -0.1) is 0 Å². The highest BCUT2D eigenvalue weighted by Gasteiger charge is 2.53. The second-order valence-corrected chi connectivity index (χ2v) is 9.12. The van der Waals surface area contributed by atoms with Crippen molar-refractivity contribution in [1.29, 1.82) is 0 Å². The van der Waals surface area contributed by atoms with Gasteiger partial charge in [0, 0.05) is 0 Å². The Hall–Kier alpha value is -0.315. The molecule has 0 aromatic carbocycles. The average molecular weight is 306 g/mol. The van der Waals surface area contributed by atoms with Gasteiger partial charge in [0.05, 0.1) is 23.4 Å². The zero-order valence-electron chi connectivity index (χ0n) is 15.1. The summed E-state index contributed by atoms with van der Waals surface area (Å²) in [7, 11) is -0.164. The van der Waals surface area contributed by atoms with Gasteiger partial charge in [0.15, 0.2) is 0 Å². The van der Waals surface area contributed by atoms with Crippen LogP contribution in [0.5, 0.6) is 0 Å². The highest BCUT2D eigenvalue weighted by Crippen LogP contribution is 2.47. The molecule has 2 saturated heterocycles. The van der Waals surface area contributed by atoms with E-state index in [2.05, 4.69) is 47.6 Å². The van der Waals surface area contributed by atoms with E-state index in [-0.39, 0.29) is 23.9 Å². The summed E-state index contributed by atoms with van der Waals surface area (Å²) in [6.45, 7) is 13.8. The van der Waals surface area contributed by atoms with Crippen molar-refractivity contribution >= 4 is 7.12 Å². The van der Waals surface area contributed by atoms with Gasteiger partial charge in [-0.3, -0.25) is 0 Å². The maximum Gasteiger partial charge on any atom is 0.490 e. The monoisotopic (exact) mass is 306 g/mol. The average Bonchev–Trinajstić information content (AvgIpc) is 2.64. The lowest BCUT2D eigenvalue weighted by atomic mass is 9.63. The molecule has 0 amide bonds. The number of allylic oxidation sites excluding steroid dienone is 2. The summed E-state index contributed by atoms with van der Waals surface area (Å²) < 4.78 is 18.5. The normalized spacial score (nSPS) is 36.5. The minimum Gasteiger partial charge on any atom is -0.400 e. The molecule has 0 saturated carbocycles. The molecular weight excluding hydrogens is 275 g/mol. The van der Waals surface area contributed by atoms with Crippen molar-refractivity contribution in [1.82, 2.24) is 0 Å². The lowest BCUT2D eigenvalue weighted by Gasteiger charge is -2.45. The third-order valence-electron chi connectivity index (χ3n) is 6.32. The van der Waals surface area contributed by atoms with Gasteiger partial charge in [0.1, 0.15) is 0 Å². The van der Waals surface area contributed by atoms with Gasteiger partial charge in [-0.25, -0.2) is 0 Å². The van der Waals surface area contributed by atoms with Crippen molar-refractivity contribution in [2.45, 2.75) is 90.4 Å². The summed E-state index contributed by atoms with van der Waals surface area (Å²) in [5, 5.41) is 0. The van der Waals surface area contributed by atoms with Gasteiger partial charge in [-0.2, -0.15) is 0 Å². The van der Waals surface area contributed by atoms with E-state index in [0.717, 1.165) is 25.9 Å². The summed E-state index contributed by atoms with van der Waals surface area (Å²) in [6.07, 6.45) is 8.16. The zero-order chi connectivity index (χ0) is 16.2. The molecule has 3 nitrogen and oxygen atoms in total. The Balaban J connectivity index is 1.66. The van der Waals surface area contributed by atoms with Gasteiger partial charge in [-0.05, 0) is 84.5 Å². The summed E-state index contributed by atoms with van der Waals surface area (Å²) in [6, 6.07) is 0. The second-order valence-electron chi connectivity index (χ2n) is 9.12. The minimum atomic E-state index is -0.244. The van der Waals surface area contributed by atoms with Crippen LogP contribution < -0.4 is 0 Å². The van der Waals surface area contributed by atoms with Crippen molar-refractivity contribution in [2.75, 3.05) is 6.61 Å². The lowest BCUT2D eigenvalue weighted by molar-refractivity contribution is -0.116. The van der Waals surface area contributed by atoms with Crippen LogP contribution in [0.15, 0.2) is 11.5 Å². The molecule has 0 N–H and O–H groups in total. The Labute approximate surface area is 135 Å². The van der Waals surface area contributed by atoms with Crippen LogP contribution >= 0.6 is 0 Å². The van der Waals surface area contributed by atoms with Crippen LogP contribution in [0.25, 0.3) is 0 Å². The molecule has 0 bridgehead atoms. The summed E-state index contributed by atoms with van der Waals surface area (Å²) >= 11 is 0. The molecule has 0 radical (unpaired) electrons. The van der Waals surface area contributed by atoms with Crippen molar-refractivity contribution in [3.05, 3.63) is 11.5 Å². The maximum atomic E-state index is 6.19. The highest BCUT2D eigenvalue weighted by molar-refractivity contribution is 6.54. The first-order valence-corrected chi connectivity index (χ1v) is 8.73. The van der Waals surface area contributed by atoms with Gasteiger partial charge >= 0.3 is 7.12 Å². The van der Waals surface area contributed by atoms with Gasteiger partial charge in [0.25, 0.3) is 0 Å². The Morgan fingerprint density at radius 2 is 1.55 bits per heavy atom. The van der Waals surface area contributed by atoms with Crippen LogP contribution in [0.2, 0.25) is 0 Å². The first-order chi connectivity index (χ1) is 10.0. The molecule has 3 aliphatic rings. The van der Waals surface area contributed by atoms with Crippen LogP contribution in [0.3, 0.4) is 0 Å². The summed E-state index contributed by atoms with van der Waals surface area (Å²) in [5.41, 5.74) is 1.25. The van der Waals surface area contributed by atoms with E-state index in [0.29, 0.717) is 5.41 Å². The molecule has 22 heavy (non-hydrogen) atoms. The predicted molar refractivity (Wildman–Crippen MR) is 89.7 cm³/mol. The minimum absolute atomic E-state index is 0.0565. The predicted octanol–water partition coefficient (Wildman–Crippen LogP) is 4.30. The van der Waals surface area contributed by atoms with Gasteiger partial charge in [-0.1, -0.05) is 6.08 Å². The van der Waals surface area contributed by atoms with Crippen molar-refractivity contribution in [3.8, 4) is 0 Å². The molecular formula is C18H31BO3. The maximum absolute atomic E-state index is 6.19.